The van der Waals surface area contributed by atoms with Crippen LogP contribution in [-0.2, 0) is 16.6 Å². The van der Waals surface area contributed by atoms with Crippen LogP contribution in [0.3, 0.4) is 0 Å². The van der Waals surface area contributed by atoms with E-state index in [1.54, 1.807) is 13.8 Å². The number of ether oxygens (including phenoxy) is 1. The second-order valence-electron chi connectivity index (χ2n) is 5.29. The summed E-state index contributed by atoms with van der Waals surface area (Å²) in [4.78, 5) is 12.1. The lowest BCUT2D eigenvalue weighted by Crippen LogP contribution is -2.32. The first-order valence-corrected chi connectivity index (χ1v) is 10.2. The molecule has 0 spiro atoms. The molecule has 0 fully saturated rings. The summed E-state index contributed by atoms with van der Waals surface area (Å²) < 4.78 is 34.4. The van der Waals surface area contributed by atoms with Crippen molar-refractivity contribution < 1.29 is 13.2 Å². The number of sulfonamides is 1. The Hall–Kier alpha value is -1.64. The van der Waals surface area contributed by atoms with Gasteiger partial charge in [-0.05, 0) is 30.3 Å². The Morgan fingerprint density at radius 3 is 2.32 bits per heavy atom. The quantitative estimate of drug-likeness (QED) is 0.647. The maximum Gasteiger partial charge on any atom is 0.250 e. The van der Waals surface area contributed by atoms with E-state index in [0.29, 0.717) is 18.8 Å². The molecule has 8 heteroatoms. The van der Waals surface area contributed by atoms with Gasteiger partial charge in [0.1, 0.15) is 12.4 Å². The molecule has 2 rings (SSSR count). The minimum atomic E-state index is -3.59. The number of aromatic nitrogens is 1. The van der Waals surface area contributed by atoms with Crippen molar-refractivity contribution >= 4 is 26.0 Å². The molecule has 0 aliphatic rings. The maximum atomic E-state index is 12.6. The van der Waals surface area contributed by atoms with Crippen LogP contribution in [0.5, 0.6) is 5.75 Å². The second kappa shape index (κ2) is 8.64. The number of nitrogens with zero attached hydrogens (tertiary/aromatic N) is 2. The molecule has 6 nitrogen and oxygen atoms in total. The number of rotatable bonds is 8. The minimum Gasteiger partial charge on any atom is -0.492 e. The molecule has 0 saturated carbocycles. The third kappa shape index (κ3) is 4.93. The van der Waals surface area contributed by atoms with E-state index in [-0.39, 0.29) is 23.6 Å². The Morgan fingerprint density at radius 2 is 1.72 bits per heavy atom. The van der Waals surface area contributed by atoms with Crippen molar-refractivity contribution in [1.82, 2.24) is 8.87 Å². The molecular weight excluding hydrogens is 408 g/mol. The van der Waals surface area contributed by atoms with Crippen LogP contribution in [0.15, 0.2) is 56.8 Å². The topological polar surface area (TPSA) is 68.6 Å². The summed E-state index contributed by atoms with van der Waals surface area (Å²) in [5, 5.41) is 0. The van der Waals surface area contributed by atoms with Gasteiger partial charge >= 0.3 is 0 Å². The molecule has 0 saturated heterocycles. The van der Waals surface area contributed by atoms with E-state index in [4.69, 9.17) is 4.74 Å². The summed E-state index contributed by atoms with van der Waals surface area (Å²) in [7, 11) is -3.59. The lowest BCUT2D eigenvalue weighted by Gasteiger charge is -2.19. The zero-order valence-electron chi connectivity index (χ0n) is 14.2. The molecule has 0 N–H and O–H groups in total. The fourth-order valence-electron chi connectivity index (χ4n) is 2.34. The molecule has 0 aliphatic carbocycles. The third-order valence-electron chi connectivity index (χ3n) is 3.71. The predicted molar refractivity (Wildman–Crippen MR) is 100 cm³/mol. The number of benzene rings is 1. The van der Waals surface area contributed by atoms with Crippen LogP contribution in [0.25, 0.3) is 0 Å². The maximum absolute atomic E-state index is 12.6. The summed E-state index contributed by atoms with van der Waals surface area (Å²) in [6.45, 7) is 4.84. The summed E-state index contributed by atoms with van der Waals surface area (Å²) >= 11 is 3.35. The van der Waals surface area contributed by atoms with E-state index in [0.717, 1.165) is 4.47 Å². The normalized spacial score (nSPS) is 11.7. The summed E-state index contributed by atoms with van der Waals surface area (Å²) in [6, 6.07) is 9.97. The van der Waals surface area contributed by atoms with Gasteiger partial charge in [0, 0.05) is 29.8 Å². The van der Waals surface area contributed by atoms with Crippen molar-refractivity contribution in [3.63, 3.8) is 0 Å². The predicted octanol–water partition coefficient (Wildman–Crippen LogP) is 2.72. The van der Waals surface area contributed by atoms with Crippen molar-refractivity contribution in [3.05, 3.63) is 57.4 Å². The van der Waals surface area contributed by atoms with Crippen molar-refractivity contribution in [2.75, 3.05) is 19.7 Å². The lowest BCUT2D eigenvalue weighted by atomic mass is 10.3. The second-order valence-corrected chi connectivity index (χ2v) is 8.14. The average molecular weight is 429 g/mol. The molecule has 0 radical (unpaired) electrons. The number of hydrogen-bond acceptors (Lipinski definition) is 4. The van der Waals surface area contributed by atoms with Gasteiger partial charge in [0.15, 0.2) is 0 Å². The van der Waals surface area contributed by atoms with Crippen LogP contribution in [0.1, 0.15) is 13.8 Å². The van der Waals surface area contributed by atoms with Crippen LogP contribution in [0, 0.1) is 0 Å². The number of hydrogen-bond donors (Lipinski definition) is 0. The monoisotopic (exact) mass is 428 g/mol. The fraction of sp³-hybridized carbons (Fsp3) is 0.353. The molecule has 136 valence electrons. The first-order chi connectivity index (χ1) is 11.9. The van der Waals surface area contributed by atoms with E-state index in [1.165, 1.54) is 27.2 Å². The molecule has 2 aromatic rings. The fourth-order valence-corrected chi connectivity index (χ4v) is 4.08. The van der Waals surface area contributed by atoms with Gasteiger partial charge in [-0.2, -0.15) is 4.31 Å². The van der Waals surface area contributed by atoms with E-state index in [1.807, 2.05) is 24.3 Å². The van der Waals surface area contributed by atoms with Crippen molar-refractivity contribution in [2.24, 2.45) is 0 Å². The summed E-state index contributed by atoms with van der Waals surface area (Å²) in [6.07, 6.45) is 1.38. The van der Waals surface area contributed by atoms with Crippen LogP contribution in [0.4, 0.5) is 0 Å². The van der Waals surface area contributed by atoms with Crippen LogP contribution in [0.2, 0.25) is 0 Å². The molecule has 0 amide bonds. The molecule has 0 unspecified atom stereocenters. The minimum absolute atomic E-state index is 0.111. The van der Waals surface area contributed by atoms with E-state index < -0.39 is 10.0 Å². The van der Waals surface area contributed by atoms with Gasteiger partial charge in [0.2, 0.25) is 10.0 Å². The largest absolute Gasteiger partial charge is 0.492 e. The van der Waals surface area contributed by atoms with Gasteiger partial charge in [-0.15, -0.1) is 0 Å². The highest BCUT2D eigenvalue weighted by molar-refractivity contribution is 9.10. The Labute approximate surface area is 156 Å². The molecule has 0 aliphatic heterocycles. The molecule has 1 heterocycles. The molecular formula is C17H21BrN2O4S. The highest BCUT2D eigenvalue weighted by Gasteiger charge is 2.22. The van der Waals surface area contributed by atoms with Crippen LogP contribution >= 0.6 is 15.9 Å². The van der Waals surface area contributed by atoms with Gasteiger partial charge in [0.05, 0.1) is 11.4 Å². The molecule has 0 atom stereocenters. The standard InChI is InChI=1S/C17H21BrN2O4S/c1-3-20(4-2)25(22,23)16-9-10-17(21)19(13-16)11-12-24-15-7-5-14(18)6-8-15/h5-10,13H,3-4,11-12H2,1-2H3. The first-order valence-electron chi connectivity index (χ1n) is 7.97. The van der Waals surface area contributed by atoms with Crippen molar-refractivity contribution in [3.8, 4) is 5.75 Å². The van der Waals surface area contributed by atoms with Gasteiger partial charge < -0.3 is 9.30 Å². The van der Waals surface area contributed by atoms with Crippen LogP contribution in [-0.4, -0.2) is 37.0 Å². The van der Waals surface area contributed by atoms with E-state index in [9.17, 15) is 13.2 Å². The summed E-state index contributed by atoms with van der Waals surface area (Å²) in [5.74, 6) is 0.683. The average Bonchev–Trinajstić information content (AvgIpc) is 2.59. The molecule has 1 aromatic heterocycles. The molecule has 25 heavy (non-hydrogen) atoms. The molecule has 1 aromatic carbocycles. The van der Waals surface area contributed by atoms with Crippen molar-refractivity contribution in [2.45, 2.75) is 25.3 Å². The Kier molecular flexibility index (Phi) is 6.80. The highest BCUT2D eigenvalue weighted by atomic mass is 79.9. The van der Waals surface area contributed by atoms with Gasteiger partial charge in [-0.1, -0.05) is 29.8 Å². The first kappa shape index (κ1) is 19.7. The Balaban J connectivity index is 2.13. The van der Waals surface area contributed by atoms with Gasteiger partial charge in [-0.3, -0.25) is 4.79 Å². The molecule has 0 bridgehead atoms. The van der Waals surface area contributed by atoms with Crippen LogP contribution < -0.4 is 10.3 Å². The van der Waals surface area contributed by atoms with Gasteiger partial charge in [-0.25, -0.2) is 8.42 Å². The zero-order valence-corrected chi connectivity index (χ0v) is 16.6. The van der Waals surface area contributed by atoms with E-state index in [2.05, 4.69) is 15.9 Å². The van der Waals surface area contributed by atoms with Crippen molar-refractivity contribution in [1.29, 1.82) is 0 Å². The van der Waals surface area contributed by atoms with E-state index >= 15 is 0 Å². The zero-order chi connectivity index (χ0) is 18.4. The smallest absolute Gasteiger partial charge is 0.250 e. The number of pyridine rings is 1. The summed E-state index contributed by atoms with van der Waals surface area (Å²) in [5.41, 5.74) is -0.266. The Bertz CT molecular complexity index is 859. The number of halogens is 1. The lowest BCUT2D eigenvalue weighted by molar-refractivity contribution is 0.295. The highest BCUT2D eigenvalue weighted by Crippen LogP contribution is 2.16. The third-order valence-corrected chi connectivity index (χ3v) is 6.28. The van der Waals surface area contributed by atoms with Gasteiger partial charge in [0.25, 0.3) is 5.56 Å². The SMILES string of the molecule is CCN(CC)S(=O)(=O)c1ccc(=O)n(CCOc2ccc(Br)cc2)c1. The Morgan fingerprint density at radius 1 is 1.08 bits per heavy atom.